The Morgan fingerprint density at radius 2 is 1.70 bits per heavy atom. The Labute approximate surface area is 216 Å². The zero-order valence-corrected chi connectivity index (χ0v) is 21.6. The predicted molar refractivity (Wildman–Crippen MR) is 129 cm³/mol. The highest BCUT2D eigenvalue weighted by Crippen LogP contribution is 2.47. The third-order valence-corrected chi connectivity index (χ3v) is 8.70. The van der Waals surface area contributed by atoms with E-state index in [4.69, 9.17) is 0 Å². The fourth-order valence-corrected chi connectivity index (χ4v) is 6.45. The van der Waals surface area contributed by atoms with Gasteiger partial charge in [0.2, 0.25) is 5.91 Å². The number of nitrogens with one attached hydrogen (secondary N) is 1. The van der Waals surface area contributed by atoms with Crippen molar-refractivity contribution in [2.24, 2.45) is 11.3 Å². The number of alkyl halides is 6. The zero-order valence-electron chi connectivity index (χ0n) is 20.8. The molecule has 1 N–H and O–H groups in total. The van der Waals surface area contributed by atoms with Gasteiger partial charge < -0.3 is 10.2 Å². The second-order valence-corrected chi connectivity index (χ2v) is 11.2. The van der Waals surface area contributed by atoms with Crippen LogP contribution >= 0.6 is 11.3 Å². The molecule has 4 rings (SSSR count). The van der Waals surface area contributed by atoms with Crippen molar-refractivity contribution in [2.75, 3.05) is 13.1 Å². The molecule has 0 radical (unpaired) electrons. The molecular formula is C26H31F6N3OS. The molecule has 2 aromatic rings. The number of carbonyl (C=O) groups excluding carboxylic acids is 1. The van der Waals surface area contributed by atoms with Gasteiger partial charge in [0.15, 0.2) is 0 Å². The molecule has 1 amide bonds. The van der Waals surface area contributed by atoms with Crippen molar-refractivity contribution >= 4 is 17.2 Å². The molecule has 4 nitrogen and oxygen atoms in total. The number of hydrogen-bond acceptors (Lipinski definition) is 4. The van der Waals surface area contributed by atoms with E-state index in [0.29, 0.717) is 30.9 Å². The minimum atomic E-state index is -4.93. The molecule has 1 aliphatic heterocycles. The molecule has 204 valence electrons. The Hall–Kier alpha value is -2.14. The number of piperidine rings is 1. The lowest BCUT2D eigenvalue weighted by Crippen LogP contribution is -2.45. The Morgan fingerprint density at radius 3 is 2.22 bits per heavy atom. The van der Waals surface area contributed by atoms with Gasteiger partial charge in [-0.1, -0.05) is 13.8 Å². The second-order valence-electron chi connectivity index (χ2n) is 10.5. The lowest BCUT2D eigenvalue weighted by atomic mass is 9.74. The first-order chi connectivity index (χ1) is 17.3. The molecule has 1 aromatic heterocycles. The molecule has 11 heteroatoms. The highest BCUT2D eigenvalue weighted by molar-refractivity contribution is 7.07. The Balaban J connectivity index is 1.43. The summed E-state index contributed by atoms with van der Waals surface area (Å²) in [5, 5.41) is 4.76. The summed E-state index contributed by atoms with van der Waals surface area (Å²) in [5.41, 5.74) is -0.731. The summed E-state index contributed by atoms with van der Waals surface area (Å²) >= 11 is 1.59. The summed E-state index contributed by atoms with van der Waals surface area (Å²) in [5.74, 6) is 0.0988. The maximum Gasteiger partial charge on any atom is 0.416 e. The van der Waals surface area contributed by atoms with E-state index >= 15 is 0 Å². The fourth-order valence-electron chi connectivity index (χ4n) is 5.82. The molecule has 1 saturated heterocycles. The number of hydrogen-bond donors (Lipinski definition) is 1. The topological polar surface area (TPSA) is 45.2 Å². The van der Waals surface area contributed by atoms with Gasteiger partial charge in [0.1, 0.15) is 0 Å². The molecule has 0 spiro atoms. The van der Waals surface area contributed by atoms with Crippen molar-refractivity contribution < 1.29 is 31.1 Å². The number of benzene rings is 1. The van der Waals surface area contributed by atoms with Crippen LogP contribution in [-0.2, 0) is 23.7 Å². The van der Waals surface area contributed by atoms with E-state index < -0.39 is 35.4 Å². The quantitative estimate of drug-likeness (QED) is 0.402. The van der Waals surface area contributed by atoms with E-state index in [0.717, 1.165) is 38.0 Å². The monoisotopic (exact) mass is 547 g/mol. The molecule has 1 aliphatic carbocycles. The van der Waals surface area contributed by atoms with Crippen molar-refractivity contribution in [1.82, 2.24) is 15.2 Å². The van der Waals surface area contributed by atoms with Crippen molar-refractivity contribution in [2.45, 2.75) is 76.8 Å². The third-order valence-electron chi connectivity index (χ3n) is 8.10. The molecule has 2 atom stereocenters. The first-order valence-electron chi connectivity index (χ1n) is 12.5. The number of halogens is 6. The van der Waals surface area contributed by atoms with E-state index in [1.165, 1.54) is 0 Å². The molecule has 37 heavy (non-hydrogen) atoms. The van der Waals surface area contributed by atoms with E-state index in [2.05, 4.69) is 20.6 Å². The van der Waals surface area contributed by atoms with E-state index in [-0.39, 0.29) is 29.5 Å². The van der Waals surface area contributed by atoms with Crippen LogP contribution in [0.25, 0.3) is 0 Å². The van der Waals surface area contributed by atoms with Crippen LogP contribution < -0.4 is 5.32 Å². The summed E-state index contributed by atoms with van der Waals surface area (Å²) in [4.78, 5) is 20.3. The van der Waals surface area contributed by atoms with Gasteiger partial charge in [-0.05, 0) is 74.9 Å². The Morgan fingerprint density at radius 1 is 1.08 bits per heavy atom. The van der Waals surface area contributed by atoms with Crippen LogP contribution in [0.1, 0.15) is 74.3 Å². The summed E-state index contributed by atoms with van der Waals surface area (Å²) in [6.45, 7) is 5.31. The SMILES string of the molecule is CC(C)[C@]1(C(=O)NCc2cc(C(F)(F)F)cc(C(F)(F)F)c2)CC[C@@H](N2CCC(c3cscn3)CC2)C1. The minimum absolute atomic E-state index is 0.0303. The first kappa shape index (κ1) is 27.9. The molecule has 2 fully saturated rings. The summed E-state index contributed by atoms with van der Waals surface area (Å²) < 4.78 is 79.3. The summed E-state index contributed by atoms with van der Waals surface area (Å²) in [7, 11) is 0. The average Bonchev–Trinajstić information content (AvgIpc) is 3.53. The van der Waals surface area contributed by atoms with Crippen LogP contribution in [-0.4, -0.2) is 34.9 Å². The third kappa shape index (κ3) is 6.13. The summed E-state index contributed by atoms with van der Waals surface area (Å²) in [6.07, 6.45) is -5.78. The van der Waals surface area contributed by atoms with Crippen molar-refractivity contribution in [3.05, 3.63) is 51.5 Å². The maximum absolute atomic E-state index is 13.4. The van der Waals surface area contributed by atoms with Gasteiger partial charge in [-0.25, -0.2) is 4.98 Å². The molecule has 2 aliphatic rings. The number of carbonyl (C=O) groups is 1. The van der Waals surface area contributed by atoms with Crippen molar-refractivity contribution in [1.29, 1.82) is 0 Å². The van der Waals surface area contributed by atoms with Gasteiger partial charge in [-0.3, -0.25) is 4.79 Å². The van der Waals surface area contributed by atoms with Gasteiger partial charge >= 0.3 is 12.4 Å². The van der Waals surface area contributed by atoms with Crippen LogP contribution in [0.15, 0.2) is 29.1 Å². The average molecular weight is 548 g/mol. The Kier molecular flexibility index (Phi) is 7.95. The number of amides is 1. The molecule has 1 aromatic carbocycles. The number of aromatic nitrogens is 1. The summed E-state index contributed by atoms with van der Waals surface area (Å²) in [6, 6.07) is 1.65. The predicted octanol–water partition coefficient (Wildman–Crippen LogP) is 6.87. The van der Waals surface area contributed by atoms with Crippen LogP contribution in [0.5, 0.6) is 0 Å². The van der Waals surface area contributed by atoms with Gasteiger partial charge in [0.05, 0.1) is 27.7 Å². The lowest BCUT2D eigenvalue weighted by molar-refractivity contribution is -0.143. The highest BCUT2D eigenvalue weighted by atomic mass is 32.1. The van der Waals surface area contributed by atoms with Crippen LogP contribution in [0, 0.1) is 11.3 Å². The molecule has 1 saturated carbocycles. The lowest BCUT2D eigenvalue weighted by Gasteiger charge is -2.37. The van der Waals surface area contributed by atoms with Gasteiger partial charge in [0, 0.05) is 23.9 Å². The first-order valence-corrected chi connectivity index (χ1v) is 13.4. The van der Waals surface area contributed by atoms with Gasteiger partial charge in [-0.2, -0.15) is 26.3 Å². The highest BCUT2D eigenvalue weighted by Gasteiger charge is 2.49. The second kappa shape index (κ2) is 10.6. The number of likely N-dealkylation sites (tertiary alicyclic amines) is 1. The van der Waals surface area contributed by atoms with Crippen molar-refractivity contribution in [3.8, 4) is 0 Å². The van der Waals surface area contributed by atoms with Crippen LogP contribution in [0.4, 0.5) is 26.3 Å². The number of thiazole rings is 1. The van der Waals surface area contributed by atoms with Gasteiger partial charge in [-0.15, -0.1) is 11.3 Å². The molecule has 0 bridgehead atoms. The van der Waals surface area contributed by atoms with E-state index in [9.17, 15) is 31.1 Å². The normalized spacial score (nSPS) is 24.1. The number of nitrogens with zero attached hydrogens (tertiary/aromatic N) is 2. The zero-order chi connectivity index (χ0) is 27.0. The van der Waals surface area contributed by atoms with E-state index in [1.807, 2.05) is 19.4 Å². The molecule has 0 unspecified atom stereocenters. The maximum atomic E-state index is 13.4. The smallest absolute Gasteiger partial charge is 0.352 e. The largest absolute Gasteiger partial charge is 0.416 e. The Bertz CT molecular complexity index is 1040. The van der Waals surface area contributed by atoms with Crippen LogP contribution in [0.2, 0.25) is 0 Å². The number of rotatable bonds is 6. The molecular weight excluding hydrogens is 516 g/mol. The molecule has 2 heterocycles. The minimum Gasteiger partial charge on any atom is -0.352 e. The van der Waals surface area contributed by atoms with E-state index in [1.54, 1.807) is 11.3 Å². The van der Waals surface area contributed by atoms with Gasteiger partial charge in [0.25, 0.3) is 0 Å². The van der Waals surface area contributed by atoms with Crippen molar-refractivity contribution in [3.63, 3.8) is 0 Å². The fraction of sp³-hybridized carbons (Fsp3) is 0.615. The van der Waals surface area contributed by atoms with Crippen LogP contribution in [0.3, 0.4) is 0 Å². The standard InChI is InChI=1S/C26H31F6N3OS/c1-16(2)24(6-3-21(12-24)35-7-4-18(5-8-35)22-14-37-15-34-22)23(36)33-13-17-9-19(25(27,28)29)11-20(10-17)26(30,31)32/h9-11,14-16,18,21H,3-8,12-13H2,1-2H3,(H,33,36)/t21-,24+/m1/s1.